The van der Waals surface area contributed by atoms with E-state index in [4.69, 9.17) is 0 Å². The second kappa shape index (κ2) is 4.39. The number of hydrogen-bond donors (Lipinski definition) is 2. The first-order valence-corrected chi connectivity index (χ1v) is 7.53. The van der Waals surface area contributed by atoms with E-state index in [1.165, 1.54) is 19.3 Å². The molecule has 2 aliphatic rings. The molecule has 1 saturated heterocycles. The molecular formula is C10H19NO3S. The summed E-state index contributed by atoms with van der Waals surface area (Å²) in [6.45, 7) is 0. The summed E-state index contributed by atoms with van der Waals surface area (Å²) in [4.78, 5) is 0. The van der Waals surface area contributed by atoms with Gasteiger partial charge in [-0.2, -0.15) is 0 Å². The van der Waals surface area contributed by atoms with Crippen molar-refractivity contribution in [2.75, 3.05) is 11.5 Å². The molecule has 1 saturated carbocycles. The van der Waals surface area contributed by atoms with Crippen LogP contribution in [0.4, 0.5) is 0 Å². The van der Waals surface area contributed by atoms with Gasteiger partial charge in [-0.3, -0.25) is 0 Å². The molecule has 2 atom stereocenters. The maximum absolute atomic E-state index is 11.3. The summed E-state index contributed by atoms with van der Waals surface area (Å²) >= 11 is 0. The molecule has 2 fully saturated rings. The topological polar surface area (TPSA) is 66.4 Å². The molecule has 5 heteroatoms. The fourth-order valence-corrected chi connectivity index (χ4v) is 4.31. The van der Waals surface area contributed by atoms with Crippen molar-refractivity contribution >= 4 is 9.84 Å². The standard InChI is InChI=1S/C10H19NO3S/c12-10-7-15(13,14)6-9(10)11-8-4-2-1-3-5-8/h8-12H,1-7H2/t9-,10+/m1/s1. The molecule has 0 aromatic carbocycles. The van der Waals surface area contributed by atoms with Gasteiger partial charge < -0.3 is 10.4 Å². The van der Waals surface area contributed by atoms with Crippen molar-refractivity contribution < 1.29 is 13.5 Å². The third kappa shape index (κ3) is 2.92. The second-order valence-electron chi connectivity index (χ2n) is 4.75. The van der Waals surface area contributed by atoms with Gasteiger partial charge >= 0.3 is 0 Å². The van der Waals surface area contributed by atoms with Crippen LogP contribution in [0.1, 0.15) is 32.1 Å². The first kappa shape index (κ1) is 11.4. The van der Waals surface area contributed by atoms with Crippen molar-refractivity contribution in [3.8, 4) is 0 Å². The second-order valence-corrected chi connectivity index (χ2v) is 6.91. The fourth-order valence-electron chi connectivity index (χ4n) is 2.56. The Kier molecular flexibility index (Phi) is 3.33. The first-order chi connectivity index (χ1) is 7.07. The van der Waals surface area contributed by atoms with Crippen molar-refractivity contribution in [3.63, 3.8) is 0 Å². The molecule has 0 aromatic heterocycles. The molecule has 0 aromatic rings. The van der Waals surface area contributed by atoms with Gasteiger partial charge in [0.15, 0.2) is 9.84 Å². The molecule has 88 valence electrons. The zero-order valence-corrected chi connectivity index (χ0v) is 9.67. The molecule has 2 rings (SSSR count). The molecule has 15 heavy (non-hydrogen) atoms. The Hall–Kier alpha value is -0.130. The molecule has 2 N–H and O–H groups in total. The maximum Gasteiger partial charge on any atom is 0.154 e. The SMILES string of the molecule is O=S1(=O)C[C@H](O)[C@H](NC2CCCCC2)C1. The van der Waals surface area contributed by atoms with Crippen LogP contribution in [0.15, 0.2) is 0 Å². The number of hydrogen-bond acceptors (Lipinski definition) is 4. The largest absolute Gasteiger partial charge is 0.390 e. The Labute approximate surface area is 91.0 Å². The minimum Gasteiger partial charge on any atom is -0.390 e. The lowest BCUT2D eigenvalue weighted by atomic mass is 9.94. The minimum atomic E-state index is -3.01. The van der Waals surface area contributed by atoms with E-state index in [9.17, 15) is 13.5 Å². The third-order valence-corrected chi connectivity index (χ3v) is 5.09. The van der Waals surface area contributed by atoms with E-state index < -0.39 is 15.9 Å². The van der Waals surface area contributed by atoms with Crippen LogP contribution in [-0.4, -0.2) is 43.2 Å². The average molecular weight is 233 g/mol. The summed E-state index contributed by atoms with van der Waals surface area (Å²) in [6, 6.07) is 0.171. The summed E-state index contributed by atoms with van der Waals surface area (Å²) in [5, 5.41) is 12.9. The van der Waals surface area contributed by atoms with Crippen molar-refractivity contribution in [1.29, 1.82) is 0 Å². The molecule has 1 aliphatic carbocycles. The average Bonchev–Trinajstić information content (AvgIpc) is 2.41. The quantitative estimate of drug-likeness (QED) is 0.708. The van der Waals surface area contributed by atoms with Gasteiger partial charge in [-0.15, -0.1) is 0 Å². The summed E-state index contributed by atoms with van der Waals surface area (Å²) in [7, 11) is -3.01. The van der Waals surface area contributed by atoms with E-state index in [2.05, 4.69) is 5.32 Å². The number of nitrogens with one attached hydrogen (secondary N) is 1. The fraction of sp³-hybridized carbons (Fsp3) is 1.00. The first-order valence-electron chi connectivity index (χ1n) is 5.71. The van der Waals surface area contributed by atoms with E-state index in [0.29, 0.717) is 6.04 Å². The Morgan fingerprint density at radius 1 is 1.07 bits per heavy atom. The lowest BCUT2D eigenvalue weighted by molar-refractivity contribution is 0.153. The van der Waals surface area contributed by atoms with E-state index >= 15 is 0 Å². The highest BCUT2D eigenvalue weighted by Crippen LogP contribution is 2.20. The predicted octanol–water partition coefficient (Wildman–Crippen LogP) is 0.0666. The Balaban J connectivity index is 1.89. The molecule has 0 bridgehead atoms. The molecule has 1 aliphatic heterocycles. The van der Waals surface area contributed by atoms with Gasteiger partial charge in [0.05, 0.1) is 17.6 Å². The zero-order chi connectivity index (χ0) is 10.9. The van der Waals surface area contributed by atoms with Crippen molar-refractivity contribution in [3.05, 3.63) is 0 Å². The molecule has 0 radical (unpaired) electrons. The summed E-state index contributed by atoms with van der Waals surface area (Å²) in [6.07, 6.45) is 5.23. The van der Waals surface area contributed by atoms with Crippen molar-refractivity contribution in [2.45, 2.75) is 50.3 Å². The van der Waals surface area contributed by atoms with Gasteiger partial charge in [-0.25, -0.2) is 8.42 Å². The van der Waals surface area contributed by atoms with Crippen LogP contribution in [0.25, 0.3) is 0 Å². The number of sulfone groups is 1. The highest BCUT2D eigenvalue weighted by Gasteiger charge is 2.37. The molecule has 0 spiro atoms. The van der Waals surface area contributed by atoms with Gasteiger partial charge in [-0.05, 0) is 12.8 Å². The van der Waals surface area contributed by atoms with Gasteiger partial charge in [0.1, 0.15) is 0 Å². The van der Waals surface area contributed by atoms with Gasteiger partial charge in [0.2, 0.25) is 0 Å². The van der Waals surface area contributed by atoms with Crippen molar-refractivity contribution in [1.82, 2.24) is 5.32 Å². The zero-order valence-electron chi connectivity index (χ0n) is 8.85. The maximum atomic E-state index is 11.3. The van der Waals surface area contributed by atoms with E-state index in [1.807, 2.05) is 0 Å². The van der Waals surface area contributed by atoms with Crippen LogP contribution in [0, 0.1) is 0 Å². The van der Waals surface area contributed by atoms with Gasteiger partial charge in [-0.1, -0.05) is 19.3 Å². The Bertz CT molecular complexity index is 309. The molecule has 0 unspecified atom stereocenters. The minimum absolute atomic E-state index is 0.0720. The highest BCUT2D eigenvalue weighted by atomic mass is 32.2. The summed E-state index contributed by atoms with van der Waals surface area (Å²) < 4.78 is 22.6. The lowest BCUT2D eigenvalue weighted by Gasteiger charge is -2.27. The summed E-state index contributed by atoms with van der Waals surface area (Å²) in [5.41, 5.74) is 0. The number of rotatable bonds is 2. The van der Waals surface area contributed by atoms with E-state index in [-0.39, 0.29) is 17.5 Å². The monoisotopic (exact) mass is 233 g/mol. The van der Waals surface area contributed by atoms with Crippen LogP contribution in [0.5, 0.6) is 0 Å². The predicted molar refractivity (Wildman–Crippen MR) is 58.5 cm³/mol. The Morgan fingerprint density at radius 3 is 2.27 bits per heavy atom. The van der Waals surface area contributed by atoms with E-state index in [0.717, 1.165) is 12.8 Å². The number of aliphatic hydroxyl groups is 1. The van der Waals surface area contributed by atoms with Crippen LogP contribution < -0.4 is 5.32 Å². The van der Waals surface area contributed by atoms with Crippen molar-refractivity contribution in [2.24, 2.45) is 0 Å². The molecule has 4 nitrogen and oxygen atoms in total. The molecular weight excluding hydrogens is 214 g/mol. The van der Waals surface area contributed by atoms with Gasteiger partial charge in [0.25, 0.3) is 0 Å². The molecule has 0 amide bonds. The lowest BCUT2D eigenvalue weighted by Crippen LogP contribution is -2.45. The Morgan fingerprint density at radius 2 is 1.73 bits per heavy atom. The third-order valence-electron chi connectivity index (χ3n) is 3.38. The van der Waals surface area contributed by atoms with Crippen LogP contribution in [-0.2, 0) is 9.84 Å². The van der Waals surface area contributed by atoms with Crippen LogP contribution in [0.2, 0.25) is 0 Å². The summed E-state index contributed by atoms with van der Waals surface area (Å²) in [5.74, 6) is 0.0298. The molecule has 1 heterocycles. The van der Waals surface area contributed by atoms with E-state index in [1.54, 1.807) is 0 Å². The smallest absolute Gasteiger partial charge is 0.154 e. The highest BCUT2D eigenvalue weighted by molar-refractivity contribution is 7.91. The van der Waals surface area contributed by atoms with Crippen LogP contribution >= 0.6 is 0 Å². The van der Waals surface area contributed by atoms with Gasteiger partial charge in [0, 0.05) is 12.1 Å². The normalized spacial score (nSPS) is 36.9. The number of aliphatic hydroxyl groups excluding tert-OH is 1. The van der Waals surface area contributed by atoms with Crippen LogP contribution in [0.3, 0.4) is 0 Å².